The van der Waals surface area contributed by atoms with Crippen molar-refractivity contribution in [1.29, 1.82) is 0 Å². The number of hydrogen-bond donors (Lipinski definition) is 3. The molecule has 0 radical (unpaired) electrons. The van der Waals surface area contributed by atoms with Gasteiger partial charge in [0.1, 0.15) is 19.3 Å². The summed E-state index contributed by atoms with van der Waals surface area (Å²) in [6, 6.07) is 0. The van der Waals surface area contributed by atoms with Gasteiger partial charge in [0.05, 0.1) is 26.4 Å². The summed E-state index contributed by atoms with van der Waals surface area (Å²) < 4.78 is 68.4. The van der Waals surface area contributed by atoms with Gasteiger partial charge in [-0.25, -0.2) is 9.13 Å². The van der Waals surface area contributed by atoms with E-state index in [-0.39, 0.29) is 25.7 Å². The first kappa shape index (κ1) is 91.1. The Balaban J connectivity index is 5.22. The van der Waals surface area contributed by atoms with Gasteiger partial charge in [-0.2, -0.15) is 0 Å². The van der Waals surface area contributed by atoms with Gasteiger partial charge >= 0.3 is 39.5 Å². The maximum Gasteiger partial charge on any atom is 0.472 e. The summed E-state index contributed by atoms with van der Waals surface area (Å²) in [4.78, 5) is 72.6. The van der Waals surface area contributed by atoms with E-state index >= 15 is 0 Å². The predicted octanol–water partition coefficient (Wildman–Crippen LogP) is 21.6. The normalized spacial score (nSPS) is 14.3. The molecule has 0 fully saturated rings. The van der Waals surface area contributed by atoms with Crippen LogP contribution in [0, 0.1) is 11.8 Å². The number of carbonyl (C=O) groups excluding carboxylic acids is 4. The Kier molecular flexibility index (Phi) is 64.6. The Morgan fingerprint density at radius 3 is 0.817 bits per heavy atom. The van der Waals surface area contributed by atoms with Crippen molar-refractivity contribution in [3.05, 3.63) is 0 Å². The highest BCUT2D eigenvalue weighted by Gasteiger charge is 2.30. The molecule has 0 spiro atoms. The van der Waals surface area contributed by atoms with Crippen LogP contribution in [0.25, 0.3) is 0 Å². The number of aliphatic hydroxyl groups excluding tert-OH is 1. The maximum absolute atomic E-state index is 13.1. The van der Waals surface area contributed by atoms with E-state index in [1.165, 1.54) is 199 Å². The number of aliphatic hydroxyl groups is 1. The topological polar surface area (TPSA) is 237 Å². The number of rotatable bonds is 73. The molecule has 0 heterocycles. The quantitative estimate of drug-likeness (QED) is 0.0222. The SMILES string of the molecule is CCCCCCCCCCCCCCCCCCC(=O)OC[C@H](COP(=O)(O)OC[C@@H](O)COP(=O)(O)OC[C@@H](COC(=O)CCCCCCCCCCC)OC(=O)CCCCCCCCC(C)CC)OC(=O)CCCCCCCCCCCCCCCCCC(C)C. The first-order chi connectivity index (χ1) is 44.9. The molecule has 19 heteroatoms. The molecular weight excluding hydrogens is 1220 g/mol. The second kappa shape index (κ2) is 66.0. The van der Waals surface area contributed by atoms with Crippen molar-refractivity contribution in [1.82, 2.24) is 0 Å². The van der Waals surface area contributed by atoms with Crippen molar-refractivity contribution >= 4 is 39.5 Å². The number of phosphoric ester groups is 2. The van der Waals surface area contributed by atoms with Crippen LogP contribution in [0.4, 0.5) is 0 Å². The van der Waals surface area contributed by atoms with Crippen molar-refractivity contribution in [3.8, 4) is 0 Å². The minimum absolute atomic E-state index is 0.103. The zero-order valence-electron chi connectivity index (χ0n) is 60.6. The molecule has 0 aromatic heterocycles. The van der Waals surface area contributed by atoms with E-state index in [0.717, 1.165) is 102 Å². The largest absolute Gasteiger partial charge is 0.472 e. The maximum atomic E-state index is 13.1. The highest BCUT2D eigenvalue weighted by molar-refractivity contribution is 7.47. The molecule has 17 nitrogen and oxygen atoms in total. The van der Waals surface area contributed by atoms with E-state index in [1.54, 1.807) is 0 Å². The van der Waals surface area contributed by atoms with Gasteiger partial charge in [-0.1, -0.05) is 330 Å². The predicted molar refractivity (Wildman–Crippen MR) is 377 cm³/mol. The summed E-state index contributed by atoms with van der Waals surface area (Å²) in [6.07, 6.45) is 52.8. The molecule has 0 saturated carbocycles. The lowest BCUT2D eigenvalue weighted by molar-refractivity contribution is -0.161. The lowest BCUT2D eigenvalue weighted by Crippen LogP contribution is -2.30. The fourth-order valence-corrected chi connectivity index (χ4v) is 12.8. The molecule has 0 aliphatic heterocycles. The first-order valence-corrected chi connectivity index (χ1v) is 41.5. The van der Waals surface area contributed by atoms with E-state index in [2.05, 4.69) is 41.5 Å². The fourth-order valence-electron chi connectivity index (χ4n) is 11.3. The number of unbranched alkanes of at least 4 members (excludes halogenated alkanes) is 42. The van der Waals surface area contributed by atoms with Gasteiger partial charge in [-0.05, 0) is 37.5 Å². The van der Waals surface area contributed by atoms with Gasteiger partial charge in [0.15, 0.2) is 12.2 Å². The second-order valence-electron chi connectivity index (χ2n) is 27.4. The zero-order chi connectivity index (χ0) is 68.6. The third-order valence-electron chi connectivity index (χ3n) is 17.6. The molecule has 0 amide bonds. The van der Waals surface area contributed by atoms with Gasteiger partial charge < -0.3 is 33.8 Å². The Bertz CT molecular complexity index is 1810. The smallest absolute Gasteiger partial charge is 0.462 e. The van der Waals surface area contributed by atoms with Crippen molar-refractivity contribution in [2.24, 2.45) is 11.8 Å². The molecule has 3 N–H and O–H groups in total. The van der Waals surface area contributed by atoms with Crippen LogP contribution in [0.1, 0.15) is 382 Å². The number of hydrogen-bond acceptors (Lipinski definition) is 15. The molecule has 6 atom stereocenters. The molecule has 0 saturated heterocycles. The average Bonchev–Trinajstić information content (AvgIpc) is 3.64. The van der Waals surface area contributed by atoms with Gasteiger partial charge in [0.2, 0.25) is 0 Å². The molecule has 0 aliphatic rings. The number of ether oxygens (including phenoxy) is 4. The highest BCUT2D eigenvalue weighted by atomic mass is 31.2. The summed E-state index contributed by atoms with van der Waals surface area (Å²) in [5.41, 5.74) is 0. The Morgan fingerprint density at radius 1 is 0.312 bits per heavy atom. The minimum atomic E-state index is -4.96. The van der Waals surface area contributed by atoms with E-state index in [0.29, 0.717) is 25.7 Å². The summed E-state index contributed by atoms with van der Waals surface area (Å²) in [5.74, 6) is -0.599. The molecule has 3 unspecified atom stereocenters. The van der Waals surface area contributed by atoms with Gasteiger partial charge in [0.25, 0.3) is 0 Å². The lowest BCUT2D eigenvalue weighted by atomic mass is 10.00. The van der Waals surface area contributed by atoms with E-state index in [9.17, 15) is 43.2 Å². The van der Waals surface area contributed by atoms with Gasteiger partial charge in [-0.3, -0.25) is 37.3 Å². The number of esters is 4. The Hall–Kier alpha value is -1.94. The van der Waals surface area contributed by atoms with Crippen LogP contribution in [0.15, 0.2) is 0 Å². The second-order valence-corrected chi connectivity index (χ2v) is 30.3. The van der Waals surface area contributed by atoms with Crippen molar-refractivity contribution in [3.63, 3.8) is 0 Å². The van der Waals surface area contributed by atoms with Gasteiger partial charge in [0, 0.05) is 25.7 Å². The number of carbonyl (C=O) groups is 4. The van der Waals surface area contributed by atoms with Crippen molar-refractivity contribution in [2.45, 2.75) is 400 Å². The molecule has 93 heavy (non-hydrogen) atoms. The molecule has 552 valence electrons. The molecule has 0 rings (SSSR count). The summed E-state index contributed by atoms with van der Waals surface area (Å²) in [7, 11) is -9.90. The molecule has 0 aromatic carbocycles. The number of phosphoric acid groups is 2. The van der Waals surface area contributed by atoms with Crippen LogP contribution >= 0.6 is 15.6 Å². The van der Waals surface area contributed by atoms with Crippen molar-refractivity contribution < 1.29 is 80.2 Å². The van der Waals surface area contributed by atoms with Crippen LogP contribution in [-0.2, 0) is 65.4 Å². The molecular formula is C74H144O17P2. The van der Waals surface area contributed by atoms with Gasteiger partial charge in [-0.15, -0.1) is 0 Å². The van der Waals surface area contributed by atoms with Crippen LogP contribution < -0.4 is 0 Å². The van der Waals surface area contributed by atoms with E-state index < -0.39 is 97.5 Å². The third kappa shape index (κ3) is 67.0. The van der Waals surface area contributed by atoms with Crippen LogP contribution in [0.2, 0.25) is 0 Å². The monoisotopic (exact) mass is 1370 g/mol. The summed E-state index contributed by atoms with van der Waals surface area (Å²) in [5, 5.41) is 10.6. The van der Waals surface area contributed by atoms with Crippen molar-refractivity contribution in [2.75, 3.05) is 39.6 Å². The summed E-state index contributed by atoms with van der Waals surface area (Å²) >= 11 is 0. The average molecular weight is 1370 g/mol. The Labute approximate surface area is 568 Å². The van der Waals surface area contributed by atoms with E-state index in [1.807, 2.05) is 0 Å². The molecule has 0 bridgehead atoms. The fraction of sp³-hybridized carbons (Fsp3) is 0.946. The third-order valence-corrected chi connectivity index (χ3v) is 19.5. The van der Waals surface area contributed by atoms with Crippen LogP contribution in [0.3, 0.4) is 0 Å². The minimum Gasteiger partial charge on any atom is -0.462 e. The van der Waals surface area contributed by atoms with Crippen LogP contribution in [0.5, 0.6) is 0 Å². The lowest BCUT2D eigenvalue weighted by Gasteiger charge is -2.21. The van der Waals surface area contributed by atoms with E-state index in [4.69, 9.17) is 37.0 Å². The first-order valence-electron chi connectivity index (χ1n) is 38.5. The molecule has 0 aromatic rings. The van der Waals surface area contributed by atoms with Crippen LogP contribution in [-0.4, -0.2) is 96.7 Å². The summed E-state index contributed by atoms with van der Waals surface area (Å²) in [6.45, 7) is 9.54. The zero-order valence-corrected chi connectivity index (χ0v) is 62.3. The Morgan fingerprint density at radius 2 is 0.548 bits per heavy atom. The molecule has 0 aliphatic carbocycles. The highest BCUT2D eigenvalue weighted by Crippen LogP contribution is 2.45. The standard InChI is InChI=1S/C74H144O17P2/c1-7-10-12-14-16-18-19-20-21-24-27-30-34-38-45-51-57-72(77)85-62-69(90-73(78)58-52-46-39-35-31-28-25-22-23-26-29-33-36-42-48-54-66(4)5)64-88-92(80,81)86-60-68(75)61-87-93(82,83)89-65-70(63-84-71(76)56-50-44-37-32-17-15-13-11-8-2)91-74(79)59-53-47-41-40-43-49-55-67(6)9-3/h66-70,75H,7-65H2,1-6H3,(H,80,81)(H,82,83)/t67?,68-,69-,70-/m1/s1.